The van der Waals surface area contributed by atoms with Crippen molar-refractivity contribution in [1.82, 2.24) is 15.1 Å². The zero-order valence-electron chi connectivity index (χ0n) is 12.1. The zero-order chi connectivity index (χ0) is 13.4. The van der Waals surface area contributed by atoms with Gasteiger partial charge in [-0.3, -0.25) is 4.68 Å². The van der Waals surface area contributed by atoms with Crippen LogP contribution in [0.15, 0.2) is 12.3 Å². The van der Waals surface area contributed by atoms with Crippen molar-refractivity contribution in [2.24, 2.45) is 5.92 Å². The van der Waals surface area contributed by atoms with Crippen LogP contribution in [0.4, 0.5) is 0 Å². The highest BCUT2D eigenvalue weighted by atomic mass is 32.2. The Balaban J connectivity index is 2.61. The van der Waals surface area contributed by atoms with Gasteiger partial charge in [0.1, 0.15) is 0 Å². The van der Waals surface area contributed by atoms with E-state index in [0.717, 1.165) is 31.2 Å². The van der Waals surface area contributed by atoms with E-state index in [-0.39, 0.29) is 0 Å². The first kappa shape index (κ1) is 15.6. The molecule has 0 bridgehead atoms. The quantitative estimate of drug-likeness (QED) is 0.746. The van der Waals surface area contributed by atoms with Crippen LogP contribution in [0, 0.1) is 5.92 Å². The lowest BCUT2D eigenvalue weighted by molar-refractivity contribution is 0.508. The van der Waals surface area contributed by atoms with Crippen molar-refractivity contribution in [1.29, 1.82) is 0 Å². The summed E-state index contributed by atoms with van der Waals surface area (Å²) in [5, 5.41) is 8.00. The number of nitrogens with one attached hydrogen (secondary N) is 1. The molecular formula is C14H27N3S. The van der Waals surface area contributed by atoms with Gasteiger partial charge in [0, 0.05) is 18.5 Å². The van der Waals surface area contributed by atoms with Crippen LogP contribution in [0.5, 0.6) is 0 Å². The molecule has 104 valence electrons. The fourth-order valence-corrected chi connectivity index (χ4v) is 3.09. The fraction of sp³-hybridized carbons (Fsp3) is 0.786. The van der Waals surface area contributed by atoms with Gasteiger partial charge in [-0.15, -0.1) is 0 Å². The van der Waals surface area contributed by atoms with E-state index in [1.54, 1.807) is 0 Å². The Morgan fingerprint density at radius 1 is 1.33 bits per heavy atom. The molecule has 1 unspecified atom stereocenters. The maximum absolute atomic E-state index is 4.42. The van der Waals surface area contributed by atoms with E-state index in [9.17, 15) is 0 Å². The molecular weight excluding hydrogens is 242 g/mol. The highest BCUT2D eigenvalue weighted by Crippen LogP contribution is 2.20. The number of hydrogen-bond donors (Lipinski definition) is 1. The molecule has 1 heterocycles. The Kier molecular flexibility index (Phi) is 7.44. The molecule has 0 fully saturated rings. The molecule has 0 amide bonds. The van der Waals surface area contributed by atoms with Gasteiger partial charge in [0.25, 0.3) is 0 Å². The van der Waals surface area contributed by atoms with E-state index in [1.807, 2.05) is 18.0 Å². The first-order valence-electron chi connectivity index (χ1n) is 7.01. The third-order valence-corrected chi connectivity index (χ3v) is 4.20. The van der Waals surface area contributed by atoms with E-state index in [1.165, 1.54) is 11.4 Å². The summed E-state index contributed by atoms with van der Waals surface area (Å²) in [7, 11) is 0. The molecule has 0 saturated carbocycles. The van der Waals surface area contributed by atoms with Gasteiger partial charge in [0.05, 0.1) is 11.7 Å². The number of aryl methyl sites for hydroxylation is 1. The molecule has 0 aliphatic heterocycles. The summed E-state index contributed by atoms with van der Waals surface area (Å²) in [5.41, 5.74) is 1.33. The number of hydrogen-bond acceptors (Lipinski definition) is 3. The van der Waals surface area contributed by atoms with Crippen molar-refractivity contribution in [2.45, 2.75) is 46.7 Å². The van der Waals surface area contributed by atoms with Crippen LogP contribution < -0.4 is 5.32 Å². The number of rotatable bonds is 9. The lowest BCUT2D eigenvalue weighted by atomic mass is 10.2. The molecule has 0 aliphatic carbocycles. The molecule has 4 heteroatoms. The predicted molar refractivity (Wildman–Crippen MR) is 81.1 cm³/mol. The Bertz CT molecular complexity index is 323. The minimum Gasteiger partial charge on any atom is -0.308 e. The van der Waals surface area contributed by atoms with Crippen molar-refractivity contribution in [3.05, 3.63) is 18.0 Å². The van der Waals surface area contributed by atoms with Crippen LogP contribution in [0.3, 0.4) is 0 Å². The second kappa shape index (κ2) is 8.59. The average molecular weight is 269 g/mol. The molecule has 18 heavy (non-hydrogen) atoms. The Hall–Kier alpha value is -0.480. The van der Waals surface area contributed by atoms with Crippen LogP contribution in [0.2, 0.25) is 0 Å². The summed E-state index contributed by atoms with van der Waals surface area (Å²) in [6.45, 7) is 10.9. The van der Waals surface area contributed by atoms with Crippen molar-refractivity contribution < 1.29 is 0 Å². The van der Waals surface area contributed by atoms with Crippen molar-refractivity contribution in [3.63, 3.8) is 0 Å². The van der Waals surface area contributed by atoms with Crippen molar-refractivity contribution >= 4 is 11.8 Å². The van der Waals surface area contributed by atoms with Crippen LogP contribution in [-0.2, 0) is 6.54 Å². The van der Waals surface area contributed by atoms with Crippen LogP contribution >= 0.6 is 11.8 Å². The lowest BCUT2D eigenvalue weighted by Crippen LogP contribution is -2.26. The maximum Gasteiger partial charge on any atom is 0.0583 e. The minimum atomic E-state index is 0.424. The number of nitrogens with zero attached hydrogens (tertiary/aromatic N) is 2. The fourth-order valence-electron chi connectivity index (χ4n) is 1.95. The van der Waals surface area contributed by atoms with E-state index < -0.39 is 0 Å². The molecule has 3 nitrogen and oxygen atoms in total. The molecule has 1 N–H and O–H groups in total. The van der Waals surface area contributed by atoms with Crippen molar-refractivity contribution in [3.8, 4) is 0 Å². The van der Waals surface area contributed by atoms with Gasteiger partial charge in [-0.25, -0.2) is 0 Å². The Morgan fingerprint density at radius 2 is 2.11 bits per heavy atom. The first-order valence-corrected chi connectivity index (χ1v) is 8.17. The summed E-state index contributed by atoms with van der Waals surface area (Å²) in [4.78, 5) is 0. The molecule has 0 aromatic carbocycles. The molecule has 0 spiro atoms. The maximum atomic E-state index is 4.42. The summed E-state index contributed by atoms with van der Waals surface area (Å²) in [5.74, 6) is 3.11. The topological polar surface area (TPSA) is 29.9 Å². The van der Waals surface area contributed by atoms with Crippen LogP contribution in [0.1, 0.15) is 45.9 Å². The van der Waals surface area contributed by atoms with Crippen LogP contribution in [-0.4, -0.2) is 27.8 Å². The summed E-state index contributed by atoms with van der Waals surface area (Å²) in [6, 6.07) is 2.58. The molecule has 1 rings (SSSR count). The smallest absolute Gasteiger partial charge is 0.0583 e. The second-order valence-corrected chi connectivity index (χ2v) is 6.10. The number of thioether (sulfide) groups is 1. The Morgan fingerprint density at radius 3 is 2.72 bits per heavy atom. The molecule has 1 atom stereocenters. The molecule has 0 aliphatic rings. The van der Waals surface area contributed by atoms with Gasteiger partial charge in [0.2, 0.25) is 0 Å². The van der Waals surface area contributed by atoms with Crippen molar-refractivity contribution in [2.75, 3.05) is 18.1 Å². The lowest BCUT2D eigenvalue weighted by Gasteiger charge is -2.19. The van der Waals surface area contributed by atoms with Gasteiger partial charge in [0.15, 0.2) is 0 Å². The average Bonchev–Trinajstić information content (AvgIpc) is 2.76. The van der Waals surface area contributed by atoms with Gasteiger partial charge in [-0.1, -0.05) is 27.7 Å². The first-order chi connectivity index (χ1) is 8.69. The molecule has 1 aromatic rings. The third kappa shape index (κ3) is 5.02. The standard InChI is InChI=1S/C14H27N3S/c1-5-9-17-14(7-8-16-17)13(15-6-2)11-18-10-12(3)4/h7-8,12-13,15H,5-6,9-11H2,1-4H3. The normalized spacial score (nSPS) is 13.2. The van der Waals surface area contributed by atoms with Gasteiger partial charge < -0.3 is 5.32 Å². The number of aromatic nitrogens is 2. The zero-order valence-corrected chi connectivity index (χ0v) is 13.0. The molecule has 0 radical (unpaired) electrons. The van der Waals surface area contributed by atoms with Gasteiger partial charge in [-0.05, 0) is 30.7 Å². The SMILES string of the molecule is CCCn1nccc1C(CSCC(C)C)NCC. The Labute approximate surface area is 116 Å². The highest BCUT2D eigenvalue weighted by Gasteiger charge is 2.15. The predicted octanol–water partition coefficient (Wildman–Crippen LogP) is 3.33. The van der Waals surface area contributed by atoms with E-state index in [4.69, 9.17) is 0 Å². The van der Waals surface area contributed by atoms with E-state index in [2.05, 4.69) is 48.9 Å². The summed E-state index contributed by atoms with van der Waals surface area (Å²) < 4.78 is 2.14. The summed E-state index contributed by atoms with van der Waals surface area (Å²) >= 11 is 2.03. The minimum absolute atomic E-state index is 0.424. The molecule has 1 aromatic heterocycles. The second-order valence-electron chi connectivity index (χ2n) is 5.02. The third-order valence-electron chi connectivity index (χ3n) is 2.73. The largest absolute Gasteiger partial charge is 0.308 e. The van der Waals surface area contributed by atoms with Gasteiger partial charge >= 0.3 is 0 Å². The van der Waals surface area contributed by atoms with Crippen LogP contribution in [0.25, 0.3) is 0 Å². The monoisotopic (exact) mass is 269 g/mol. The van der Waals surface area contributed by atoms with E-state index >= 15 is 0 Å². The molecule has 0 saturated heterocycles. The van der Waals surface area contributed by atoms with Gasteiger partial charge in [-0.2, -0.15) is 16.9 Å². The summed E-state index contributed by atoms with van der Waals surface area (Å²) in [6.07, 6.45) is 3.05. The highest BCUT2D eigenvalue weighted by molar-refractivity contribution is 7.99. The van der Waals surface area contributed by atoms with E-state index in [0.29, 0.717) is 6.04 Å².